The second-order valence-electron chi connectivity index (χ2n) is 5.18. The molecule has 1 aromatic rings. The van der Waals surface area contributed by atoms with E-state index in [1.807, 2.05) is 12.3 Å². The molecule has 0 aromatic carbocycles. The smallest absolute Gasteiger partial charge is 0.306 e. The van der Waals surface area contributed by atoms with Gasteiger partial charge in [0.1, 0.15) is 5.01 Å². The summed E-state index contributed by atoms with van der Waals surface area (Å²) in [5, 5.41) is 11.5. The number of aliphatic carboxylic acids is 1. The Labute approximate surface area is 128 Å². The molecule has 0 radical (unpaired) electrons. The van der Waals surface area contributed by atoms with E-state index in [2.05, 4.69) is 9.71 Å². The first kappa shape index (κ1) is 16.3. The average molecular weight is 333 g/mol. The Morgan fingerprint density at radius 2 is 2.14 bits per heavy atom. The van der Waals surface area contributed by atoms with Gasteiger partial charge in [-0.25, -0.2) is 4.98 Å². The second kappa shape index (κ2) is 6.39. The lowest BCUT2D eigenvalue weighted by atomic mass is 9.99. The number of nitrogens with one attached hydrogen (secondary N) is 1. The number of carboxylic acids is 1. The molecule has 21 heavy (non-hydrogen) atoms. The molecule has 0 aliphatic carbocycles. The van der Waals surface area contributed by atoms with E-state index in [1.165, 1.54) is 15.6 Å². The van der Waals surface area contributed by atoms with Crippen molar-refractivity contribution in [3.8, 4) is 0 Å². The molecule has 1 fully saturated rings. The van der Waals surface area contributed by atoms with Gasteiger partial charge in [-0.1, -0.05) is 0 Å². The third-order valence-corrected chi connectivity index (χ3v) is 6.32. The van der Waals surface area contributed by atoms with Crippen LogP contribution >= 0.6 is 11.3 Å². The lowest BCUT2D eigenvalue weighted by Crippen LogP contribution is -2.46. The number of thiazole rings is 1. The van der Waals surface area contributed by atoms with Gasteiger partial charge in [0, 0.05) is 24.2 Å². The van der Waals surface area contributed by atoms with Crippen LogP contribution in [0.3, 0.4) is 0 Å². The maximum absolute atomic E-state index is 12.3. The largest absolute Gasteiger partial charge is 0.481 e. The molecule has 0 saturated carbocycles. The van der Waals surface area contributed by atoms with Crippen molar-refractivity contribution in [2.24, 2.45) is 5.92 Å². The Balaban J connectivity index is 1.98. The minimum atomic E-state index is -3.61. The van der Waals surface area contributed by atoms with Gasteiger partial charge in [0.15, 0.2) is 0 Å². The van der Waals surface area contributed by atoms with Crippen molar-refractivity contribution in [2.75, 3.05) is 13.1 Å². The van der Waals surface area contributed by atoms with Crippen LogP contribution in [-0.2, 0) is 15.0 Å². The van der Waals surface area contributed by atoms with E-state index in [4.69, 9.17) is 5.11 Å². The number of piperidine rings is 1. The highest BCUT2D eigenvalue weighted by atomic mass is 32.2. The fourth-order valence-corrected chi connectivity index (χ4v) is 4.54. The molecule has 1 aliphatic heterocycles. The zero-order valence-electron chi connectivity index (χ0n) is 11.9. The van der Waals surface area contributed by atoms with Crippen molar-refractivity contribution in [3.05, 3.63) is 16.1 Å². The van der Waals surface area contributed by atoms with Gasteiger partial charge in [-0.2, -0.15) is 17.4 Å². The lowest BCUT2D eigenvalue weighted by molar-refractivity contribution is -0.142. The maximum atomic E-state index is 12.3. The molecule has 9 heteroatoms. The Morgan fingerprint density at radius 1 is 1.52 bits per heavy atom. The zero-order valence-corrected chi connectivity index (χ0v) is 13.6. The van der Waals surface area contributed by atoms with Gasteiger partial charge in [-0.3, -0.25) is 4.79 Å². The van der Waals surface area contributed by atoms with Gasteiger partial charge < -0.3 is 5.11 Å². The van der Waals surface area contributed by atoms with Gasteiger partial charge >= 0.3 is 5.97 Å². The van der Waals surface area contributed by atoms with E-state index in [1.54, 1.807) is 6.92 Å². The van der Waals surface area contributed by atoms with E-state index in [-0.39, 0.29) is 13.1 Å². The van der Waals surface area contributed by atoms with Gasteiger partial charge in [0.2, 0.25) is 0 Å². The van der Waals surface area contributed by atoms with Crippen molar-refractivity contribution in [1.82, 2.24) is 14.0 Å². The van der Waals surface area contributed by atoms with Crippen LogP contribution in [0.1, 0.15) is 36.5 Å². The zero-order chi connectivity index (χ0) is 15.6. The summed E-state index contributed by atoms with van der Waals surface area (Å²) in [6, 6.07) is -0.397. The van der Waals surface area contributed by atoms with Gasteiger partial charge in [0.25, 0.3) is 10.2 Å². The minimum Gasteiger partial charge on any atom is -0.481 e. The predicted octanol–water partition coefficient (Wildman–Crippen LogP) is 1.14. The number of nitrogens with zero attached hydrogens (tertiary/aromatic N) is 2. The molecule has 0 amide bonds. The number of carbonyl (C=O) groups is 1. The first-order chi connectivity index (χ1) is 9.79. The van der Waals surface area contributed by atoms with Gasteiger partial charge in [0.05, 0.1) is 12.0 Å². The summed E-state index contributed by atoms with van der Waals surface area (Å²) in [5.41, 5.74) is 0.864. The summed E-state index contributed by atoms with van der Waals surface area (Å²) in [7, 11) is -3.61. The number of hydrogen-bond donors (Lipinski definition) is 2. The minimum absolute atomic E-state index is 0.232. The molecular formula is C12H19N3O4S2. The van der Waals surface area contributed by atoms with E-state index in [0.29, 0.717) is 12.8 Å². The van der Waals surface area contributed by atoms with Crippen molar-refractivity contribution in [3.63, 3.8) is 0 Å². The normalized spacial score (nSPS) is 19.5. The third-order valence-electron chi connectivity index (χ3n) is 3.48. The third kappa shape index (κ3) is 4.00. The summed E-state index contributed by atoms with van der Waals surface area (Å²) >= 11 is 1.42. The van der Waals surface area contributed by atoms with Crippen LogP contribution < -0.4 is 4.72 Å². The molecular weight excluding hydrogens is 314 g/mol. The van der Waals surface area contributed by atoms with E-state index in [9.17, 15) is 13.2 Å². The van der Waals surface area contributed by atoms with Crippen LogP contribution in [0.15, 0.2) is 5.38 Å². The summed E-state index contributed by atoms with van der Waals surface area (Å²) < 4.78 is 28.5. The molecule has 2 N–H and O–H groups in total. The highest BCUT2D eigenvalue weighted by molar-refractivity contribution is 7.87. The molecule has 1 saturated heterocycles. The fraction of sp³-hybridized carbons (Fsp3) is 0.667. The quantitative estimate of drug-likeness (QED) is 0.842. The first-order valence-electron chi connectivity index (χ1n) is 6.72. The van der Waals surface area contributed by atoms with E-state index >= 15 is 0 Å². The van der Waals surface area contributed by atoms with Crippen molar-refractivity contribution in [1.29, 1.82) is 0 Å². The molecule has 1 aromatic heterocycles. The SMILES string of the molecule is Cc1csc(C(C)NS(=O)(=O)N2CCC(C(=O)O)CC2)n1. The van der Waals surface area contributed by atoms with Crippen LogP contribution in [-0.4, -0.2) is 41.9 Å². The topological polar surface area (TPSA) is 99.6 Å². The highest BCUT2D eigenvalue weighted by Gasteiger charge is 2.32. The highest BCUT2D eigenvalue weighted by Crippen LogP contribution is 2.22. The standard InChI is InChI=1S/C12H19N3O4S2/c1-8-7-20-11(13-8)9(2)14-21(18,19)15-5-3-10(4-6-15)12(16)17/h7,9-10,14H,3-6H2,1-2H3,(H,16,17). The molecule has 118 valence electrons. The Morgan fingerprint density at radius 3 is 2.62 bits per heavy atom. The molecule has 7 nitrogen and oxygen atoms in total. The number of aromatic nitrogens is 1. The maximum Gasteiger partial charge on any atom is 0.306 e. The molecule has 1 unspecified atom stereocenters. The van der Waals surface area contributed by atoms with Crippen LogP contribution in [0.25, 0.3) is 0 Å². The van der Waals surface area contributed by atoms with Crippen LogP contribution in [0.4, 0.5) is 0 Å². The fourth-order valence-electron chi connectivity index (χ4n) is 2.26. The first-order valence-corrected chi connectivity index (χ1v) is 9.04. The Hall–Kier alpha value is -1.03. The summed E-state index contributed by atoms with van der Waals surface area (Å²) in [6.07, 6.45) is 0.696. The Kier molecular flexibility index (Phi) is 4.97. The van der Waals surface area contributed by atoms with Crippen molar-refractivity contribution < 1.29 is 18.3 Å². The number of carboxylic acid groups (broad SMARTS) is 1. The van der Waals surface area contributed by atoms with E-state index in [0.717, 1.165) is 10.7 Å². The molecule has 0 spiro atoms. The van der Waals surface area contributed by atoms with Crippen molar-refractivity contribution in [2.45, 2.75) is 32.7 Å². The predicted molar refractivity (Wildman–Crippen MR) is 79.3 cm³/mol. The van der Waals surface area contributed by atoms with Crippen LogP contribution in [0, 0.1) is 12.8 Å². The average Bonchev–Trinajstić information content (AvgIpc) is 2.85. The van der Waals surface area contributed by atoms with Crippen molar-refractivity contribution >= 4 is 27.5 Å². The van der Waals surface area contributed by atoms with Crippen LogP contribution in [0.5, 0.6) is 0 Å². The molecule has 0 bridgehead atoms. The summed E-state index contributed by atoms with van der Waals surface area (Å²) in [5.74, 6) is -1.30. The van der Waals surface area contributed by atoms with E-state index < -0.39 is 28.1 Å². The number of rotatable bonds is 5. The number of hydrogen-bond acceptors (Lipinski definition) is 5. The molecule has 2 heterocycles. The molecule has 1 aliphatic rings. The monoisotopic (exact) mass is 333 g/mol. The lowest BCUT2D eigenvalue weighted by Gasteiger charge is -2.30. The van der Waals surface area contributed by atoms with Crippen LogP contribution in [0.2, 0.25) is 0 Å². The van der Waals surface area contributed by atoms with Gasteiger partial charge in [-0.15, -0.1) is 11.3 Å². The Bertz CT molecular complexity index is 606. The summed E-state index contributed by atoms with van der Waals surface area (Å²) in [6.45, 7) is 4.07. The molecule has 2 rings (SSSR count). The molecule has 1 atom stereocenters. The summed E-state index contributed by atoms with van der Waals surface area (Å²) in [4.78, 5) is 15.2. The number of aryl methyl sites for hydroxylation is 1. The van der Waals surface area contributed by atoms with Gasteiger partial charge in [-0.05, 0) is 26.7 Å². The second-order valence-corrected chi connectivity index (χ2v) is 7.78.